The lowest BCUT2D eigenvalue weighted by Gasteiger charge is -2.06. The number of hydrogen-bond donors (Lipinski definition) is 1. The van der Waals surface area contributed by atoms with Gasteiger partial charge < -0.3 is 10.1 Å². The standard InChI is InChI=1S/C21H25NO2S/c1-2-24-21(23)11-6-8-18-12-14-19(15-13-18)22-16-5-3-4-9-20-10-7-17-25-20/h7,10,12-15,17,22H,2,5-6,8-9,11,16H2,1H3. The quantitative estimate of drug-likeness (QED) is 0.403. The van der Waals surface area contributed by atoms with Crippen LogP contribution < -0.4 is 5.32 Å². The van der Waals surface area contributed by atoms with E-state index in [1.54, 1.807) is 11.3 Å². The molecule has 4 heteroatoms. The Kier molecular flexibility index (Phi) is 8.65. The highest BCUT2D eigenvalue weighted by atomic mass is 32.1. The Bertz CT molecular complexity index is 681. The summed E-state index contributed by atoms with van der Waals surface area (Å²) in [5.41, 5.74) is 2.35. The minimum Gasteiger partial charge on any atom is -0.466 e. The van der Waals surface area contributed by atoms with Crippen LogP contribution in [-0.4, -0.2) is 19.1 Å². The zero-order valence-corrected chi connectivity index (χ0v) is 15.5. The fraction of sp³-hybridized carbons (Fsp3) is 0.381. The number of benzene rings is 1. The van der Waals surface area contributed by atoms with Gasteiger partial charge in [-0.15, -0.1) is 17.3 Å². The van der Waals surface area contributed by atoms with Gasteiger partial charge in [-0.2, -0.15) is 0 Å². The van der Waals surface area contributed by atoms with Crippen molar-refractivity contribution in [3.05, 3.63) is 52.2 Å². The van der Waals surface area contributed by atoms with Crippen molar-refractivity contribution < 1.29 is 9.53 Å². The Morgan fingerprint density at radius 3 is 2.76 bits per heavy atom. The second-order valence-electron chi connectivity index (χ2n) is 5.64. The molecular formula is C21H25NO2S. The average Bonchev–Trinajstić information content (AvgIpc) is 3.13. The molecule has 0 amide bonds. The minimum atomic E-state index is -0.110. The number of rotatable bonds is 9. The lowest BCUT2D eigenvalue weighted by atomic mass is 10.1. The van der Waals surface area contributed by atoms with Crippen LogP contribution >= 0.6 is 11.3 Å². The van der Waals surface area contributed by atoms with Crippen LogP contribution in [0.1, 0.15) is 36.6 Å². The van der Waals surface area contributed by atoms with Crippen molar-refractivity contribution in [3.8, 4) is 11.8 Å². The van der Waals surface area contributed by atoms with Crippen LogP contribution in [0.5, 0.6) is 0 Å². The molecule has 132 valence electrons. The molecule has 25 heavy (non-hydrogen) atoms. The van der Waals surface area contributed by atoms with Crippen molar-refractivity contribution in [1.82, 2.24) is 0 Å². The summed E-state index contributed by atoms with van der Waals surface area (Å²) < 4.78 is 4.93. The lowest BCUT2D eigenvalue weighted by molar-refractivity contribution is -0.143. The lowest BCUT2D eigenvalue weighted by Crippen LogP contribution is -2.04. The summed E-state index contributed by atoms with van der Waals surface area (Å²) in [4.78, 5) is 12.6. The highest BCUT2D eigenvalue weighted by Gasteiger charge is 2.01. The summed E-state index contributed by atoms with van der Waals surface area (Å²) in [7, 11) is 0. The van der Waals surface area contributed by atoms with E-state index >= 15 is 0 Å². The van der Waals surface area contributed by atoms with Gasteiger partial charge in [0.25, 0.3) is 0 Å². The normalized spacial score (nSPS) is 9.96. The Morgan fingerprint density at radius 2 is 2.04 bits per heavy atom. The van der Waals surface area contributed by atoms with E-state index < -0.39 is 0 Å². The first kappa shape index (κ1) is 19.1. The van der Waals surface area contributed by atoms with Gasteiger partial charge in [0.1, 0.15) is 0 Å². The number of anilines is 1. The number of ether oxygens (including phenoxy) is 1. The van der Waals surface area contributed by atoms with Gasteiger partial charge in [0.2, 0.25) is 0 Å². The van der Waals surface area contributed by atoms with Gasteiger partial charge in [-0.1, -0.05) is 24.1 Å². The van der Waals surface area contributed by atoms with Crippen LogP contribution in [0.3, 0.4) is 0 Å². The number of hydrogen-bond acceptors (Lipinski definition) is 4. The molecule has 0 aliphatic heterocycles. The molecule has 0 spiro atoms. The van der Waals surface area contributed by atoms with E-state index in [0.717, 1.165) is 37.9 Å². The van der Waals surface area contributed by atoms with Crippen molar-refractivity contribution in [2.45, 2.75) is 39.0 Å². The predicted octanol–water partition coefficient (Wildman–Crippen LogP) is 4.68. The largest absolute Gasteiger partial charge is 0.466 e. The van der Waals surface area contributed by atoms with E-state index in [9.17, 15) is 4.79 Å². The molecule has 2 rings (SSSR count). The third-order valence-corrected chi connectivity index (χ3v) is 4.53. The van der Waals surface area contributed by atoms with E-state index in [2.05, 4.69) is 58.9 Å². The SMILES string of the molecule is CCOC(=O)CCCc1ccc(NCCC#CCc2cccs2)cc1. The van der Waals surface area contributed by atoms with Crippen molar-refractivity contribution in [3.63, 3.8) is 0 Å². The summed E-state index contributed by atoms with van der Waals surface area (Å²) in [6.45, 7) is 3.14. The number of thiophene rings is 1. The summed E-state index contributed by atoms with van der Waals surface area (Å²) >= 11 is 1.75. The molecule has 0 bridgehead atoms. The van der Waals surface area contributed by atoms with Crippen molar-refractivity contribution in [2.75, 3.05) is 18.5 Å². The second-order valence-corrected chi connectivity index (χ2v) is 6.67. The topological polar surface area (TPSA) is 38.3 Å². The molecular weight excluding hydrogens is 330 g/mol. The van der Waals surface area contributed by atoms with E-state index in [4.69, 9.17) is 4.74 Å². The van der Waals surface area contributed by atoms with Gasteiger partial charge in [-0.05, 0) is 48.9 Å². The number of carbonyl (C=O) groups is 1. The Morgan fingerprint density at radius 1 is 1.20 bits per heavy atom. The van der Waals surface area contributed by atoms with Crippen molar-refractivity contribution in [1.29, 1.82) is 0 Å². The van der Waals surface area contributed by atoms with E-state index in [-0.39, 0.29) is 5.97 Å². The maximum absolute atomic E-state index is 11.3. The number of esters is 1. The molecule has 0 fully saturated rings. The Labute approximate surface area is 154 Å². The first-order chi connectivity index (χ1) is 12.3. The van der Waals surface area contributed by atoms with Crippen LogP contribution in [-0.2, 0) is 22.4 Å². The molecule has 0 radical (unpaired) electrons. The second kappa shape index (κ2) is 11.3. The van der Waals surface area contributed by atoms with E-state index in [0.29, 0.717) is 13.0 Å². The van der Waals surface area contributed by atoms with Gasteiger partial charge >= 0.3 is 5.97 Å². The molecule has 0 aliphatic rings. The Balaban J connectivity index is 1.61. The van der Waals surface area contributed by atoms with E-state index in [1.165, 1.54) is 10.4 Å². The van der Waals surface area contributed by atoms with Gasteiger partial charge in [-0.3, -0.25) is 4.79 Å². The number of aryl methyl sites for hydroxylation is 1. The van der Waals surface area contributed by atoms with Crippen LogP contribution in [0.25, 0.3) is 0 Å². The molecule has 0 aliphatic carbocycles. The van der Waals surface area contributed by atoms with Crippen LogP contribution in [0.4, 0.5) is 5.69 Å². The molecule has 2 aromatic rings. The summed E-state index contributed by atoms with van der Waals surface area (Å²) in [6, 6.07) is 12.6. The molecule has 1 N–H and O–H groups in total. The maximum atomic E-state index is 11.3. The van der Waals surface area contributed by atoms with Crippen molar-refractivity contribution >= 4 is 23.0 Å². The molecule has 3 nitrogen and oxygen atoms in total. The van der Waals surface area contributed by atoms with Gasteiger partial charge in [0, 0.05) is 36.4 Å². The first-order valence-corrected chi connectivity index (χ1v) is 9.62. The molecule has 1 aromatic heterocycles. The highest BCUT2D eigenvalue weighted by Crippen LogP contribution is 2.12. The van der Waals surface area contributed by atoms with Gasteiger partial charge in [0.05, 0.1) is 6.61 Å². The summed E-state index contributed by atoms with van der Waals surface area (Å²) in [5, 5.41) is 5.47. The van der Waals surface area contributed by atoms with E-state index in [1.807, 2.05) is 6.92 Å². The molecule has 1 heterocycles. The molecule has 0 saturated heterocycles. The monoisotopic (exact) mass is 355 g/mol. The molecule has 0 saturated carbocycles. The fourth-order valence-corrected chi connectivity index (χ4v) is 3.02. The van der Waals surface area contributed by atoms with Gasteiger partial charge in [-0.25, -0.2) is 0 Å². The van der Waals surface area contributed by atoms with Crippen LogP contribution in [0, 0.1) is 11.8 Å². The van der Waals surface area contributed by atoms with Crippen LogP contribution in [0.15, 0.2) is 41.8 Å². The fourth-order valence-electron chi connectivity index (χ4n) is 2.38. The number of carbonyl (C=O) groups excluding carboxylic acids is 1. The third kappa shape index (κ3) is 7.91. The third-order valence-electron chi connectivity index (χ3n) is 3.65. The zero-order valence-electron chi connectivity index (χ0n) is 14.7. The first-order valence-electron chi connectivity index (χ1n) is 8.74. The number of nitrogens with one attached hydrogen (secondary N) is 1. The van der Waals surface area contributed by atoms with Gasteiger partial charge in [0.15, 0.2) is 0 Å². The minimum absolute atomic E-state index is 0.110. The maximum Gasteiger partial charge on any atom is 0.305 e. The summed E-state index contributed by atoms with van der Waals surface area (Å²) in [6.07, 6.45) is 3.89. The average molecular weight is 356 g/mol. The van der Waals surface area contributed by atoms with Crippen LogP contribution in [0.2, 0.25) is 0 Å². The summed E-state index contributed by atoms with van der Waals surface area (Å²) in [5.74, 6) is 6.30. The zero-order chi connectivity index (χ0) is 17.7. The Hall–Kier alpha value is -2.25. The molecule has 1 aromatic carbocycles. The predicted molar refractivity (Wildman–Crippen MR) is 105 cm³/mol. The molecule has 0 unspecified atom stereocenters. The smallest absolute Gasteiger partial charge is 0.305 e. The highest BCUT2D eigenvalue weighted by molar-refractivity contribution is 7.09. The van der Waals surface area contributed by atoms with Crippen molar-refractivity contribution in [2.24, 2.45) is 0 Å². The molecule has 0 atom stereocenters.